The van der Waals surface area contributed by atoms with Gasteiger partial charge in [0.25, 0.3) is 0 Å². The second kappa shape index (κ2) is 5.76. The average Bonchev–Trinajstić information content (AvgIpc) is 2.17. The molecule has 0 aliphatic rings. The van der Waals surface area contributed by atoms with Crippen molar-refractivity contribution in [3.8, 4) is 0 Å². The molecule has 80 valence electrons. The lowest BCUT2D eigenvalue weighted by Crippen LogP contribution is -1.93. The van der Waals surface area contributed by atoms with Crippen LogP contribution in [0, 0.1) is 6.92 Å². The largest absolute Gasteiger partial charge is 0.299 e. The molecule has 0 bridgehead atoms. The molecule has 0 atom stereocenters. The number of allylic oxidation sites excluding steroid dienone is 1. The van der Waals surface area contributed by atoms with Crippen molar-refractivity contribution in [2.24, 2.45) is 0 Å². The molecule has 1 aromatic rings. The van der Waals surface area contributed by atoms with Crippen LogP contribution in [0.2, 0.25) is 0 Å². The summed E-state index contributed by atoms with van der Waals surface area (Å²) in [4.78, 5) is 12.1. The van der Waals surface area contributed by atoms with Crippen LogP contribution in [0.15, 0.2) is 29.2 Å². The van der Waals surface area contributed by atoms with Crippen molar-refractivity contribution in [3.05, 3.63) is 35.4 Å². The second-order valence-corrected chi connectivity index (χ2v) is 4.55. The molecular weight excluding hydrogens is 204 g/mol. The molecule has 0 amide bonds. The first-order valence-corrected chi connectivity index (χ1v) is 5.97. The lowest BCUT2D eigenvalue weighted by Gasteiger charge is -2.05. The first-order chi connectivity index (χ1) is 7.13. The van der Waals surface area contributed by atoms with Gasteiger partial charge in [-0.3, -0.25) is 4.79 Å². The fraction of sp³-hybridized carbons (Fsp3) is 0.308. The predicted octanol–water partition coefficient (Wildman–Crippen LogP) is 3.71. The summed E-state index contributed by atoms with van der Waals surface area (Å²) in [6, 6.07) is 6.30. The summed E-state index contributed by atoms with van der Waals surface area (Å²) >= 11 is 1.60. The zero-order valence-electron chi connectivity index (χ0n) is 9.41. The minimum Gasteiger partial charge on any atom is -0.299 e. The highest BCUT2D eigenvalue weighted by atomic mass is 32.2. The normalized spacial score (nSPS) is 10.9. The number of carbonyl (C=O) groups is 1. The maximum Gasteiger partial charge on any atom is 0.140 e. The number of hydrogen-bond acceptors (Lipinski definition) is 2. The van der Waals surface area contributed by atoms with E-state index in [9.17, 15) is 4.79 Å². The Hall–Kier alpha value is -1.02. The van der Waals surface area contributed by atoms with Gasteiger partial charge in [0.2, 0.25) is 0 Å². The van der Waals surface area contributed by atoms with Crippen molar-refractivity contribution < 1.29 is 4.79 Å². The van der Waals surface area contributed by atoms with Crippen LogP contribution in [0.5, 0.6) is 0 Å². The summed E-state index contributed by atoms with van der Waals surface area (Å²) < 4.78 is 0. The van der Waals surface area contributed by atoms with Crippen molar-refractivity contribution in [2.75, 3.05) is 5.75 Å². The van der Waals surface area contributed by atoms with E-state index in [0.29, 0.717) is 5.75 Å². The number of rotatable bonds is 4. The van der Waals surface area contributed by atoms with Crippen molar-refractivity contribution in [1.82, 2.24) is 0 Å². The van der Waals surface area contributed by atoms with E-state index in [4.69, 9.17) is 0 Å². The molecule has 1 nitrogen and oxygen atoms in total. The third kappa shape index (κ3) is 3.92. The number of benzene rings is 1. The summed E-state index contributed by atoms with van der Waals surface area (Å²) in [5.74, 6) is 0.764. The van der Waals surface area contributed by atoms with Gasteiger partial charge in [0.1, 0.15) is 5.78 Å². The quantitative estimate of drug-likeness (QED) is 0.719. The molecule has 0 aliphatic carbocycles. The van der Waals surface area contributed by atoms with Crippen LogP contribution in [0.25, 0.3) is 6.08 Å². The summed E-state index contributed by atoms with van der Waals surface area (Å²) in [6.07, 6.45) is 4.10. The molecule has 0 aromatic heterocycles. The Kier molecular flexibility index (Phi) is 4.63. The lowest BCUT2D eigenvalue weighted by molar-refractivity contribution is -0.114. The molecule has 0 fully saturated rings. The van der Waals surface area contributed by atoms with E-state index in [1.807, 2.05) is 13.0 Å². The molecule has 0 spiro atoms. The first kappa shape index (κ1) is 12.1. The Morgan fingerprint density at radius 3 is 2.80 bits per heavy atom. The summed E-state index contributed by atoms with van der Waals surface area (Å²) in [6.45, 7) is 5.70. The standard InChI is InChI=1S/C13H16OS/c1-4-5-12-8-10(2)6-7-13(12)15-9-11(3)14/h4-8H,9H2,1-3H3. The van der Waals surface area contributed by atoms with Crippen LogP contribution >= 0.6 is 11.8 Å². The molecule has 2 heteroatoms. The van der Waals surface area contributed by atoms with Crippen LogP contribution in [0.1, 0.15) is 25.0 Å². The molecule has 0 saturated carbocycles. The summed E-state index contributed by atoms with van der Waals surface area (Å²) in [5.41, 5.74) is 2.44. The number of ketones is 1. The summed E-state index contributed by atoms with van der Waals surface area (Å²) in [7, 11) is 0. The maximum atomic E-state index is 10.9. The van der Waals surface area contributed by atoms with Crippen LogP contribution in [0.3, 0.4) is 0 Å². The Balaban J connectivity index is 2.90. The van der Waals surface area contributed by atoms with Gasteiger partial charge in [-0.15, -0.1) is 11.8 Å². The van der Waals surface area contributed by atoms with Crippen LogP contribution in [-0.2, 0) is 4.79 Å². The summed E-state index contributed by atoms with van der Waals surface area (Å²) in [5, 5.41) is 0. The van der Waals surface area contributed by atoms with E-state index >= 15 is 0 Å². The average molecular weight is 220 g/mol. The molecule has 0 saturated heterocycles. The van der Waals surface area contributed by atoms with Gasteiger partial charge < -0.3 is 0 Å². The molecule has 0 unspecified atom stereocenters. The van der Waals surface area contributed by atoms with Gasteiger partial charge in [0, 0.05) is 4.90 Å². The smallest absolute Gasteiger partial charge is 0.140 e. The number of carbonyl (C=O) groups excluding carboxylic acids is 1. The monoisotopic (exact) mass is 220 g/mol. The van der Waals surface area contributed by atoms with Gasteiger partial charge in [0.05, 0.1) is 5.75 Å². The van der Waals surface area contributed by atoms with Gasteiger partial charge in [-0.05, 0) is 32.4 Å². The lowest BCUT2D eigenvalue weighted by atomic mass is 10.1. The third-order valence-electron chi connectivity index (χ3n) is 1.94. The minimum atomic E-state index is 0.215. The molecule has 0 aliphatic heterocycles. The Bertz CT molecular complexity index is 380. The van der Waals surface area contributed by atoms with Gasteiger partial charge in [-0.1, -0.05) is 29.8 Å². The highest BCUT2D eigenvalue weighted by molar-refractivity contribution is 8.00. The first-order valence-electron chi connectivity index (χ1n) is 4.99. The molecule has 0 N–H and O–H groups in total. The second-order valence-electron chi connectivity index (χ2n) is 3.53. The SMILES string of the molecule is CC=Cc1cc(C)ccc1SCC(C)=O. The topological polar surface area (TPSA) is 17.1 Å². The Morgan fingerprint density at radius 2 is 2.20 bits per heavy atom. The zero-order chi connectivity index (χ0) is 11.3. The van der Waals surface area contributed by atoms with Crippen molar-refractivity contribution in [2.45, 2.75) is 25.7 Å². The number of Topliss-reactive ketones (excluding diaryl/α,β-unsaturated/α-hetero) is 1. The number of aryl methyl sites for hydroxylation is 1. The van der Waals surface area contributed by atoms with E-state index < -0.39 is 0 Å². The van der Waals surface area contributed by atoms with Crippen molar-refractivity contribution >= 4 is 23.6 Å². The maximum absolute atomic E-state index is 10.9. The van der Waals surface area contributed by atoms with Crippen molar-refractivity contribution in [1.29, 1.82) is 0 Å². The molecular formula is C13H16OS. The van der Waals surface area contributed by atoms with E-state index in [0.717, 1.165) is 0 Å². The predicted molar refractivity (Wildman–Crippen MR) is 67.3 cm³/mol. The van der Waals surface area contributed by atoms with E-state index in [1.54, 1.807) is 18.7 Å². The Labute approximate surface area is 95.6 Å². The molecule has 0 radical (unpaired) electrons. The fourth-order valence-corrected chi connectivity index (χ4v) is 2.11. The van der Waals surface area contributed by atoms with E-state index in [1.165, 1.54) is 16.0 Å². The Morgan fingerprint density at radius 1 is 1.47 bits per heavy atom. The molecule has 1 rings (SSSR count). The zero-order valence-corrected chi connectivity index (χ0v) is 10.2. The highest BCUT2D eigenvalue weighted by Crippen LogP contribution is 2.24. The van der Waals surface area contributed by atoms with Crippen LogP contribution in [-0.4, -0.2) is 11.5 Å². The van der Waals surface area contributed by atoms with E-state index in [2.05, 4.69) is 31.2 Å². The van der Waals surface area contributed by atoms with Crippen molar-refractivity contribution in [3.63, 3.8) is 0 Å². The minimum absolute atomic E-state index is 0.215. The molecule has 0 heterocycles. The van der Waals surface area contributed by atoms with E-state index in [-0.39, 0.29) is 5.78 Å². The molecule has 15 heavy (non-hydrogen) atoms. The molecule has 1 aromatic carbocycles. The fourth-order valence-electron chi connectivity index (χ4n) is 1.29. The van der Waals surface area contributed by atoms with Gasteiger partial charge >= 0.3 is 0 Å². The third-order valence-corrected chi connectivity index (χ3v) is 3.18. The number of hydrogen-bond donors (Lipinski definition) is 0. The van der Waals surface area contributed by atoms with Gasteiger partial charge in [0.15, 0.2) is 0 Å². The van der Waals surface area contributed by atoms with Gasteiger partial charge in [-0.25, -0.2) is 0 Å². The van der Waals surface area contributed by atoms with Crippen LogP contribution in [0.4, 0.5) is 0 Å². The number of thioether (sulfide) groups is 1. The van der Waals surface area contributed by atoms with Crippen LogP contribution < -0.4 is 0 Å². The van der Waals surface area contributed by atoms with Gasteiger partial charge in [-0.2, -0.15) is 0 Å². The highest BCUT2D eigenvalue weighted by Gasteiger charge is 2.02.